The molecule has 2 heterocycles. The molecule has 0 unspecified atom stereocenters. The molecule has 0 saturated carbocycles. The number of rotatable bonds is 4. The third-order valence-electron chi connectivity index (χ3n) is 8.43. The maximum absolute atomic E-state index is 2.39. The van der Waals surface area contributed by atoms with Crippen LogP contribution in [0.1, 0.15) is 22.3 Å². The van der Waals surface area contributed by atoms with Gasteiger partial charge in [0.1, 0.15) is 0 Å². The average Bonchev–Trinajstić information content (AvgIpc) is 3.52. The van der Waals surface area contributed by atoms with Gasteiger partial charge >= 0.3 is 0 Å². The number of aromatic nitrogens is 2. The van der Waals surface area contributed by atoms with Crippen LogP contribution in [0.4, 0.5) is 0 Å². The fraction of sp³-hybridized carbons (Fsp3) is 0.0500. The summed E-state index contributed by atoms with van der Waals surface area (Å²) >= 11 is 0. The van der Waals surface area contributed by atoms with Crippen molar-refractivity contribution >= 4 is 55.8 Å². The topological polar surface area (TPSA) is 9.86 Å². The number of benzene rings is 6. The van der Waals surface area contributed by atoms with Crippen LogP contribution in [-0.2, 0) is 0 Å². The van der Waals surface area contributed by atoms with Crippen LogP contribution in [0.3, 0.4) is 0 Å². The Labute approximate surface area is 245 Å². The van der Waals surface area contributed by atoms with Crippen molar-refractivity contribution in [2.45, 2.75) is 13.8 Å². The predicted octanol–water partition coefficient (Wildman–Crippen LogP) is 10.7. The second kappa shape index (κ2) is 9.64. The SMILES string of the molecule is Cc1ccc2c3ccc(C)cc3n(-c3ccc(/C=C/c4ccc(-n5c6ccccc6c6ccccc65)cc4)cc3)c2c1. The minimum atomic E-state index is 1.17. The smallest absolute Gasteiger partial charge is 0.0543 e. The van der Waals surface area contributed by atoms with Crippen LogP contribution < -0.4 is 0 Å². The van der Waals surface area contributed by atoms with Crippen molar-refractivity contribution in [3.8, 4) is 11.4 Å². The van der Waals surface area contributed by atoms with E-state index in [1.807, 2.05) is 0 Å². The molecule has 0 amide bonds. The van der Waals surface area contributed by atoms with Crippen molar-refractivity contribution < 1.29 is 0 Å². The van der Waals surface area contributed by atoms with Crippen molar-refractivity contribution in [2.24, 2.45) is 0 Å². The number of hydrogen-bond donors (Lipinski definition) is 0. The van der Waals surface area contributed by atoms with Gasteiger partial charge in [0.25, 0.3) is 0 Å². The number of nitrogens with zero attached hydrogens (tertiary/aromatic N) is 2. The van der Waals surface area contributed by atoms with E-state index in [2.05, 4.69) is 169 Å². The van der Waals surface area contributed by atoms with E-state index in [0.717, 1.165) is 0 Å². The number of aryl methyl sites for hydroxylation is 2. The van der Waals surface area contributed by atoms with Gasteiger partial charge in [0.15, 0.2) is 0 Å². The highest BCUT2D eigenvalue weighted by Crippen LogP contribution is 2.34. The summed E-state index contributed by atoms with van der Waals surface area (Å²) in [6, 6.07) is 48.5. The van der Waals surface area contributed by atoms with E-state index in [1.165, 1.54) is 77.2 Å². The lowest BCUT2D eigenvalue weighted by molar-refractivity contribution is 1.17. The van der Waals surface area contributed by atoms with Gasteiger partial charge in [-0.05, 0) is 84.6 Å². The Balaban J connectivity index is 1.11. The van der Waals surface area contributed by atoms with E-state index in [9.17, 15) is 0 Å². The monoisotopic (exact) mass is 538 g/mol. The molecule has 6 aromatic carbocycles. The molecular weight excluding hydrogens is 508 g/mol. The zero-order valence-electron chi connectivity index (χ0n) is 23.8. The van der Waals surface area contributed by atoms with Crippen LogP contribution >= 0.6 is 0 Å². The fourth-order valence-corrected chi connectivity index (χ4v) is 6.38. The van der Waals surface area contributed by atoms with Gasteiger partial charge in [-0.2, -0.15) is 0 Å². The van der Waals surface area contributed by atoms with E-state index in [0.29, 0.717) is 0 Å². The van der Waals surface area contributed by atoms with Gasteiger partial charge in [0.05, 0.1) is 22.1 Å². The highest BCUT2D eigenvalue weighted by atomic mass is 15.0. The summed E-state index contributed by atoms with van der Waals surface area (Å²) in [5.41, 5.74) is 12.2. The minimum Gasteiger partial charge on any atom is -0.309 e. The fourth-order valence-electron chi connectivity index (χ4n) is 6.38. The van der Waals surface area contributed by atoms with Crippen molar-refractivity contribution in [3.63, 3.8) is 0 Å². The van der Waals surface area contributed by atoms with Gasteiger partial charge in [0, 0.05) is 32.9 Å². The summed E-state index contributed by atoms with van der Waals surface area (Å²) in [6.45, 7) is 4.33. The molecule has 2 nitrogen and oxygen atoms in total. The Hall–Kier alpha value is -5.34. The lowest BCUT2D eigenvalue weighted by Crippen LogP contribution is -1.94. The summed E-state index contributed by atoms with van der Waals surface area (Å²) in [6.07, 6.45) is 4.39. The maximum Gasteiger partial charge on any atom is 0.0543 e. The molecule has 0 aliphatic carbocycles. The third kappa shape index (κ3) is 3.95. The first kappa shape index (κ1) is 24.5. The molecule has 0 N–H and O–H groups in total. The molecule has 0 aliphatic heterocycles. The lowest BCUT2D eigenvalue weighted by Gasteiger charge is -2.09. The molecule has 42 heavy (non-hydrogen) atoms. The summed E-state index contributed by atoms with van der Waals surface area (Å²) in [5.74, 6) is 0. The highest BCUT2D eigenvalue weighted by molar-refractivity contribution is 6.10. The molecule has 0 fully saturated rings. The number of para-hydroxylation sites is 2. The second-order valence-corrected chi connectivity index (χ2v) is 11.3. The summed E-state index contributed by atoms with van der Waals surface area (Å²) < 4.78 is 4.75. The van der Waals surface area contributed by atoms with Crippen LogP contribution in [0.25, 0.3) is 67.1 Å². The van der Waals surface area contributed by atoms with Gasteiger partial charge in [0.2, 0.25) is 0 Å². The standard InChI is InChI=1S/C40H30N2/c1-27-11-23-35-36-24-12-28(2)26-40(36)42(39(35)25-27)32-21-17-30(18-22-32)14-13-29-15-19-31(20-16-29)41-37-9-5-3-7-33(37)34-8-4-6-10-38(34)41/h3-26H,1-2H3/b14-13+. The van der Waals surface area contributed by atoms with Crippen molar-refractivity contribution in [1.82, 2.24) is 9.13 Å². The summed E-state index contributed by atoms with van der Waals surface area (Å²) in [5, 5.41) is 5.16. The Morgan fingerprint density at radius 3 is 1.21 bits per heavy atom. The molecule has 0 bridgehead atoms. The Morgan fingerprint density at radius 2 is 0.762 bits per heavy atom. The number of hydrogen-bond acceptors (Lipinski definition) is 0. The minimum absolute atomic E-state index is 1.17. The van der Waals surface area contributed by atoms with E-state index >= 15 is 0 Å². The molecule has 0 radical (unpaired) electrons. The molecule has 200 valence electrons. The zero-order chi connectivity index (χ0) is 28.2. The van der Waals surface area contributed by atoms with Gasteiger partial charge in [-0.3, -0.25) is 0 Å². The van der Waals surface area contributed by atoms with E-state index in [4.69, 9.17) is 0 Å². The van der Waals surface area contributed by atoms with Gasteiger partial charge in [-0.15, -0.1) is 0 Å². The molecule has 2 aromatic heterocycles. The summed E-state index contributed by atoms with van der Waals surface area (Å²) in [7, 11) is 0. The molecule has 8 aromatic rings. The average molecular weight is 539 g/mol. The van der Waals surface area contributed by atoms with Crippen LogP contribution in [0, 0.1) is 13.8 Å². The van der Waals surface area contributed by atoms with Crippen LogP contribution in [0.2, 0.25) is 0 Å². The molecule has 8 rings (SSSR count). The molecular formula is C40H30N2. The molecule has 0 spiro atoms. The predicted molar refractivity (Wildman–Crippen MR) is 180 cm³/mol. The van der Waals surface area contributed by atoms with Gasteiger partial charge in [-0.1, -0.05) is 97.1 Å². The van der Waals surface area contributed by atoms with E-state index in [-0.39, 0.29) is 0 Å². The molecule has 0 saturated heterocycles. The normalized spacial score (nSPS) is 12.0. The first-order chi connectivity index (χ1) is 20.6. The van der Waals surface area contributed by atoms with E-state index < -0.39 is 0 Å². The molecule has 0 aliphatic rings. The Kier molecular flexibility index (Phi) is 5.61. The Bertz CT molecular complexity index is 2180. The van der Waals surface area contributed by atoms with Gasteiger partial charge in [-0.25, -0.2) is 0 Å². The van der Waals surface area contributed by atoms with Crippen molar-refractivity contribution in [2.75, 3.05) is 0 Å². The van der Waals surface area contributed by atoms with Crippen molar-refractivity contribution in [3.05, 3.63) is 156 Å². The largest absolute Gasteiger partial charge is 0.309 e. The summed E-state index contributed by atoms with van der Waals surface area (Å²) in [4.78, 5) is 0. The quantitative estimate of drug-likeness (QED) is 0.197. The van der Waals surface area contributed by atoms with Crippen molar-refractivity contribution in [1.29, 1.82) is 0 Å². The lowest BCUT2D eigenvalue weighted by atomic mass is 10.1. The first-order valence-corrected chi connectivity index (χ1v) is 14.5. The first-order valence-electron chi connectivity index (χ1n) is 14.5. The van der Waals surface area contributed by atoms with Crippen LogP contribution in [-0.4, -0.2) is 9.13 Å². The second-order valence-electron chi connectivity index (χ2n) is 11.3. The zero-order valence-corrected chi connectivity index (χ0v) is 23.8. The highest BCUT2D eigenvalue weighted by Gasteiger charge is 2.13. The van der Waals surface area contributed by atoms with Gasteiger partial charge < -0.3 is 9.13 Å². The van der Waals surface area contributed by atoms with E-state index in [1.54, 1.807) is 0 Å². The maximum atomic E-state index is 2.39. The molecule has 0 atom stereocenters. The Morgan fingerprint density at radius 1 is 0.381 bits per heavy atom. The van der Waals surface area contributed by atoms with Crippen LogP contribution in [0.15, 0.2) is 133 Å². The molecule has 2 heteroatoms. The third-order valence-corrected chi connectivity index (χ3v) is 8.43. The van der Waals surface area contributed by atoms with Crippen LogP contribution in [0.5, 0.6) is 0 Å². The number of fused-ring (bicyclic) bond motifs is 6.